The third-order valence-electron chi connectivity index (χ3n) is 5.18. The molecule has 0 saturated carbocycles. The van der Waals surface area contributed by atoms with Gasteiger partial charge in [-0.1, -0.05) is 24.3 Å². The number of aliphatic imine (C=N–C) groups is 1. The predicted molar refractivity (Wildman–Crippen MR) is 109 cm³/mol. The van der Waals surface area contributed by atoms with Crippen LogP contribution in [-0.2, 0) is 17.9 Å². The molecule has 6 heteroatoms. The summed E-state index contributed by atoms with van der Waals surface area (Å²) >= 11 is 2.05. The fraction of sp³-hybridized carbons (Fsp3) is 0.600. The number of guanidine groups is 1. The molecule has 2 saturated heterocycles. The summed E-state index contributed by atoms with van der Waals surface area (Å²) in [5.41, 5.74) is 2.41. The summed E-state index contributed by atoms with van der Waals surface area (Å²) < 4.78 is 0.326. The smallest absolute Gasteiger partial charge is 0.222 e. The average molecular weight is 375 g/mol. The molecule has 1 unspecified atom stereocenters. The van der Waals surface area contributed by atoms with E-state index in [9.17, 15) is 4.79 Å². The molecule has 26 heavy (non-hydrogen) atoms. The fourth-order valence-electron chi connectivity index (χ4n) is 3.51. The highest BCUT2D eigenvalue weighted by atomic mass is 32.2. The number of hydrogen-bond donors (Lipinski definition) is 2. The Morgan fingerprint density at radius 1 is 1.23 bits per heavy atom. The van der Waals surface area contributed by atoms with Crippen LogP contribution < -0.4 is 10.6 Å². The standard InChI is InChI=1S/C20H30N4OS/c1-20(10-4-12-26-20)15-23-19(21-2)22-13-16-6-8-17(9-7-16)14-24-11-3-5-18(24)25/h6-9H,3-5,10-15H2,1-2H3,(H2,21,22,23). The summed E-state index contributed by atoms with van der Waals surface area (Å²) in [5.74, 6) is 2.39. The van der Waals surface area contributed by atoms with Gasteiger partial charge in [-0.3, -0.25) is 9.79 Å². The Bertz CT molecular complexity index is 638. The van der Waals surface area contributed by atoms with Crippen molar-refractivity contribution in [2.24, 2.45) is 4.99 Å². The second kappa shape index (κ2) is 8.80. The van der Waals surface area contributed by atoms with Gasteiger partial charge in [0.15, 0.2) is 5.96 Å². The van der Waals surface area contributed by atoms with Gasteiger partial charge in [0.05, 0.1) is 0 Å². The highest BCUT2D eigenvalue weighted by Gasteiger charge is 2.29. The monoisotopic (exact) mass is 374 g/mol. The molecule has 3 rings (SSSR count). The highest BCUT2D eigenvalue weighted by Crippen LogP contribution is 2.36. The Labute approximate surface area is 161 Å². The maximum Gasteiger partial charge on any atom is 0.222 e. The maximum atomic E-state index is 11.7. The second-order valence-corrected chi connectivity index (χ2v) is 9.10. The van der Waals surface area contributed by atoms with E-state index in [2.05, 4.69) is 58.6 Å². The summed E-state index contributed by atoms with van der Waals surface area (Å²) in [4.78, 5) is 18.0. The van der Waals surface area contributed by atoms with Crippen LogP contribution in [0.2, 0.25) is 0 Å². The summed E-state index contributed by atoms with van der Waals surface area (Å²) in [6.07, 6.45) is 4.27. The Hall–Kier alpha value is -1.69. The molecule has 1 aromatic carbocycles. The zero-order chi connectivity index (χ0) is 18.4. The van der Waals surface area contributed by atoms with Crippen molar-refractivity contribution >= 4 is 23.6 Å². The van der Waals surface area contributed by atoms with Gasteiger partial charge in [0.25, 0.3) is 0 Å². The third kappa shape index (κ3) is 5.16. The number of amides is 1. The molecule has 2 N–H and O–H groups in total. The van der Waals surface area contributed by atoms with Gasteiger partial charge in [-0.25, -0.2) is 0 Å². The number of rotatable bonds is 6. The molecule has 0 spiro atoms. The minimum Gasteiger partial charge on any atom is -0.355 e. The van der Waals surface area contributed by atoms with Gasteiger partial charge in [-0.2, -0.15) is 11.8 Å². The summed E-state index contributed by atoms with van der Waals surface area (Å²) in [7, 11) is 1.82. The van der Waals surface area contributed by atoms with Crippen LogP contribution in [0, 0.1) is 0 Å². The van der Waals surface area contributed by atoms with Gasteiger partial charge < -0.3 is 15.5 Å². The average Bonchev–Trinajstić information content (AvgIpc) is 3.26. The lowest BCUT2D eigenvalue weighted by atomic mass is 10.1. The van der Waals surface area contributed by atoms with Crippen molar-refractivity contribution in [1.82, 2.24) is 15.5 Å². The minimum atomic E-state index is 0.278. The van der Waals surface area contributed by atoms with Gasteiger partial charge in [-0.05, 0) is 43.1 Å². The van der Waals surface area contributed by atoms with Gasteiger partial charge in [0, 0.05) is 44.4 Å². The molecule has 2 fully saturated rings. The molecule has 1 atom stereocenters. The highest BCUT2D eigenvalue weighted by molar-refractivity contribution is 8.00. The van der Waals surface area contributed by atoms with Crippen LogP contribution in [0.3, 0.4) is 0 Å². The van der Waals surface area contributed by atoms with E-state index in [1.165, 1.54) is 29.7 Å². The van der Waals surface area contributed by atoms with Crippen LogP contribution in [0.25, 0.3) is 0 Å². The third-order valence-corrected chi connectivity index (χ3v) is 6.72. The van der Waals surface area contributed by atoms with Gasteiger partial charge >= 0.3 is 0 Å². The molecule has 2 aliphatic rings. The number of carbonyl (C=O) groups is 1. The van der Waals surface area contributed by atoms with Crippen LogP contribution in [0.5, 0.6) is 0 Å². The molecule has 0 aliphatic carbocycles. The fourth-order valence-corrected chi connectivity index (χ4v) is 4.75. The van der Waals surface area contributed by atoms with E-state index < -0.39 is 0 Å². The van der Waals surface area contributed by atoms with E-state index in [1.54, 1.807) is 0 Å². The number of hydrogen-bond acceptors (Lipinski definition) is 3. The summed E-state index contributed by atoms with van der Waals surface area (Å²) in [5, 5.41) is 6.85. The second-order valence-electron chi connectivity index (χ2n) is 7.42. The van der Waals surface area contributed by atoms with Gasteiger partial charge in [-0.15, -0.1) is 0 Å². The first-order valence-corrected chi connectivity index (χ1v) is 10.5. The molecule has 2 heterocycles. The van der Waals surface area contributed by atoms with E-state index in [-0.39, 0.29) is 5.91 Å². The van der Waals surface area contributed by atoms with Crippen molar-refractivity contribution in [2.75, 3.05) is 25.9 Å². The molecule has 0 radical (unpaired) electrons. The number of likely N-dealkylation sites (tertiary alicyclic amines) is 1. The molecule has 0 bridgehead atoms. The largest absolute Gasteiger partial charge is 0.355 e. The molecule has 2 aliphatic heterocycles. The Kier molecular flexibility index (Phi) is 6.46. The molecule has 0 aromatic heterocycles. The normalized spacial score (nSPS) is 23.5. The molecule has 1 amide bonds. The summed E-state index contributed by atoms with van der Waals surface area (Å²) in [6, 6.07) is 8.50. The van der Waals surface area contributed by atoms with E-state index in [0.29, 0.717) is 11.2 Å². The number of nitrogens with one attached hydrogen (secondary N) is 2. The quantitative estimate of drug-likeness (QED) is 0.594. The van der Waals surface area contributed by atoms with Crippen molar-refractivity contribution in [1.29, 1.82) is 0 Å². The number of benzene rings is 1. The molecular formula is C20H30N4OS. The predicted octanol–water partition coefficient (Wildman–Crippen LogP) is 2.76. The van der Waals surface area contributed by atoms with Crippen molar-refractivity contribution in [3.63, 3.8) is 0 Å². The van der Waals surface area contributed by atoms with Crippen LogP contribution >= 0.6 is 11.8 Å². The number of carbonyl (C=O) groups excluding carboxylic acids is 1. The lowest BCUT2D eigenvalue weighted by Gasteiger charge is -2.24. The van der Waals surface area contributed by atoms with E-state index in [1.807, 2.05) is 11.9 Å². The molecule has 5 nitrogen and oxygen atoms in total. The zero-order valence-corrected chi connectivity index (χ0v) is 16.7. The number of nitrogens with zero attached hydrogens (tertiary/aromatic N) is 2. The summed E-state index contributed by atoms with van der Waals surface area (Å²) in [6.45, 7) is 5.63. The Morgan fingerprint density at radius 3 is 2.62 bits per heavy atom. The van der Waals surface area contributed by atoms with E-state index in [0.717, 1.165) is 38.6 Å². The van der Waals surface area contributed by atoms with Gasteiger partial charge in [0.2, 0.25) is 5.91 Å². The van der Waals surface area contributed by atoms with Crippen LogP contribution in [-0.4, -0.2) is 47.4 Å². The SMILES string of the molecule is CN=C(NCc1ccc(CN2CCCC2=O)cc1)NCC1(C)CCCS1. The Morgan fingerprint density at radius 2 is 2.00 bits per heavy atom. The first-order valence-electron chi connectivity index (χ1n) is 9.52. The van der Waals surface area contributed by atoms with Crippen molar-refractivity contribution in [2.45, 2.75) is 50.4 Å². The first kappa shape index (κ1) is 19.1. The van der Waals surface area contributed by atoms with Crippen molar-refractivity contribution in [3.8, 4) is 0 Å². The molecular weight excluding hydrogens is 344 g/mol. The first-order chi connectivity index (χ1) is 12.6. The number of thioether (sulfide) groups is 1. The van der Waals surface area contributed by atoms with Crippen LogP contribution in [0.1, 0.15) is 43.7 Å². The lowest BCUT2D eigenvalue weighted by molar-refractivity contribution is -0.128. The minimum absolute atomic E-state index is 0.278. The zero-order valence-electron chi connectivity index (χ0n) is 15.9. The van der Waals surface area contributed by atoms with E-state index >= 15 is 0 Å². The van der Waals surface area contributed by atoms with Crippen molar-refractivity contribution in [3.05, 3.63) is 35.4 Å². The molecule has 142 valence electrons. The van der Waals surface area contributed by atoms with Crippen LogP contribution in [0.4, 0.5) is 0 Å². The van der Waals surface area contributed by atoms with Crippen molar-refractivity contribution < 1.29 is 4.79 Å². The molecule has 1 aromatic rings. The van der Waals surface area contributed by atoms with E-state index in [4.69, 9.17) is 0 Å². The van der Waals surface area contributed by atoms with Crippen LogP contribution in [0.15, 0.2) is 29.3 Å². The maximum absolute atomic E-state index is 11.7. The van der Waals surface area contributed by atoms with Gasteiger partial charge in [0.1, 0.15) is 0 Å². The topological polar surface area (TPSA) is 56.7 Å². The Balaban J connectivity index is 1.45. The lowest BCUT2D eigenvalue weighted by Crippen LogP contribution is -2.43.